The monoisotopic (exact) mass is 422 g/mol. The lowest BCUT2D eigenvalue weighted by Gasteiger charge is -2.27. The summed E-state index contributed by atoms with van der Waals surface area (Å²) in [7, 11) is 1.29. The second kappa shape index (κ2) is 9.01. The van der Waals surface area contributed by atoms with Crippen molar-refractivity contribution in [3.05, 3.63) is 90.3 Å². The molecule has 0 saturated heterocycles. The number of hydrogen-bond donors (Lipinski definition) is 0. The zero-order chi connectivity index (χ0) is 22.0. The molecule has 0 bridgehead atoms. The van der Waals surface area contributed by atoms with E-state index < -0.39 is 11.6 Å². The van der Waals surface area contributed by atoms with E-state index in [9.17, 15) is 13.2 Å². The summed E-state index contributed by atoms with van der Waals surface area (Å²) in [4.78, 5) is 0. The van der Waals surface area contributed by atoms with E-state index >= 15 is 0 Å². The Hall–Kier alpha value is -3.01. The number of benzene rings is 3. The Morgan fingerprint density at radius 2 is 1.42 bits per heavy atom. The fourth-order valence-corrected chi connectivity index (χ4v) is 4.45. The highest BCUT2D eigenvalue weighted by molar-refractivity contribution is 5.71. The molecular formula is C27H25F3O. The van der Waals surface area contributed by atoms with Crippen molar-refractivity contribution in [2.45, 2.75) is 31.6 Å². The Morgan fingerprint density at radius 1 is 0.806 bits per heavy atom. The van der Waals surface area contributed by atoms with Crippen LogP contribution in [0.25, 0.3) is 22.3 Å². The van der Waals surface area contributed by atoms with Crippen molar-refractivity contribution in [2.75, 3.05) is 7.11 Å². The van der Waals surface area contributed by atoms with Crippen LogP contribution in [0.1, 0.15) is 37.2 Å². The van der Waals surface area contributed by atoms with Gasteiger partial charge in [-0.05, 0) is 72.4 Å². The molecule has 160 valence electrons. The van der Waals surface area contributed by atoms with Crippen LogP contribution in [0.4, 0.5) is 13.2 Å². The molecule has 31 heavy (non-hydrogen) atoms. The number of ether oxygens (including phenoxy) is 1. The first kappa shape index (κ1) is 21.2. The number of methoxy groups -OCH3 is 1. The van der Waals surface area contributed by atoms with Gasteiger partial charge in [0.05, 0.1) is 7.11 Å². The Morgan fingerprint density at radius 3 is 2.00 bits per heavy atom. The summed E-state index contributed by atoms with van der Waals surface area (Å²) < 4.78 is 48.1. The summed E-state index contributed by atoms with van der Waals surface area (Å²) in [6.07, 6.45) is 6.32. The molecule has 0 unspecified atom stereocenters. The van der Waals surface area contributed by atoms with Gasteiger partial charge < -0.3 is 4.74 Å². The normalized spacial score (nSPS) is 18.6. The lowest BCUT2D eigenvalue weighted by atomic mass is 9.78. The molecule has 1 aliphatic carbocycles. The summed E-state index contributed by atoms with van der Waals surface area (Å²) in [6, 6.07) is 15.1. The first-order valence-electron chi connectivity index (χ1n) is 10.6. The maximum absolute atomic E-state index is 14.9. The third-order valence-electron chi connectivity index (χ3n) is 6.34. The Balaban J connectivity index is 1.56. The SMILES string of the molecule is C=CC1CCC(c2ccc(-c3ccc(-c4ccc(OC)c(F)c4F)cc3)c(F)c2)CC1. The van der Waals surface area contributed by atoms with Gasteiger partial charge in [-0.25, -0.2) is 8.78 Å². The largest absolute Gasteiger partial charge is 0.494 e. The number of allylic oxidation sites excluding steroid dienone is 1. The summed E-state index contributed by atoms with van der Waals surface area (Å²) in [5.41, 5.74) is 2.87. The Kier molecular flexibility index (Phi) is 6.17. The van der Waals surface area contributed by atoms with Gasteiger partial charge in [0.2, 0.25) is 5.82 Å². The molecule has 0 aromatic heterocycles. The third-order valence-corrected chi connectivity index (χ3v) is 6.34. The highest BCUT2D eigenvalue weighted by Gasteiger charge is 2.21. The number of rotatable bonds is 5. The van der Waals surface area contributed by atoms with Gasteiger partial charge in [-0.15, -0.1) is 6.58 Å². The molecule has 0 spiro atoms. The van der Waals surface area contributed by atoms with Crippen molar-refractivity contribution < 1.29 is 17.9 Å². The highest BCUT2D eigenvalue weighted by Crippen LogP contribution is 2.38. The van der Waals surface area contributed by atoms with E-state index in [1.807, 2.05) is 18.2 Å². The van der Waals surface area contributed by atoms with Crippen LogP contribution in [-0.2, 0) is 0 Å². The maximum Gasteiger partial charge on any atom is 0.201 e. The molecule has 4 rings (SSSR count). The van der Waals surface area contributed by atoms with E-state index in [2.05, 4.69) is 6.58 Å². The van der Waals surface area contributed by atoms with Crippen molar-refractivity contribution in [3.63, 3.8) is 0 Å². The van der Waals surface area contributed by atoms with Crippen molar-refractivity contribution in [1.82, 2.24) is 0 Å². The van der Waals surface area contributed by atoms with Gasteiger partial charge in [0, 0.05) is 11.1 Å². The molecule has 1 fully saturated rings. The molecule has 1 nitrogen and oxygen atoms in total. The molecule has 0 atom stereocenters. The van der Waals surface area contributed by atoms with E-state index in [-0.39, 0.29) is 17.1 Å². The zero-order valence-electron chi connectivity index (χ0n) is 17.5. The fraction of sp³-hybridized carbons (Fsp3) is 0.259. The van der Waals surface area contributed by atoms with Crippen LogP contribution >= 0.6 is 0 Å². The maximum atomic E-state index is 14.9. The molecule has 0 amide bonds. The van der Waals surface area contributed by atoms with Gasteiger partial charge in [-0.3, -0.25) is 0 Å². The molecule has 1 aliphatic rings. The Labute approximate surface area is 181 Å². The molecule has 4 heteroatoms. The van der Waals surface area contributed by atoms with Crippen molar-refractivity contribution in [2.24, 2.45) is 5.92 Å². The average Bonchev–Trinajstić information content (AvgIpc) is 2.81. The predicted octanol–water partition coefficient (Wildman–Crippen LogP) is 7.91. The second-order valence-electron chi connectivity index (χ2n) is 8.11. The topological polar surface area (TPSA) is 9.23 Å². The van der Waals surface area contributed by atoms with Crippen LogP contribution in [0, 0.1) is 23.4 Å². The van der Waals surface area contributed by atoms with E-state index in [1.54, 1.807) is 30.3 Å². The molecule has 0 heterocycles. The van der Waals surface area contributed by atoms with Crippen molar-refractivity contribution in [1.29, 1.82) is 0 Å². The van der Waals surface area contributed by atoms with Crippen LogP contribution < -0.4 is 4.74 Å². The van der Waals surface area contributed by atoms with E-state index in [4.69, 9.17) is 4.74 Å². The molecule has 1 saturated carbocycles. The molecule has 0 radical (unpaired) electrons. The lowest BCUT2D eigenvalue weighted by molar-refractivity contribution is 0.372. The Bertz CT molecular complexity index is 1080. The van der Waals surface area contributed by atoms with Crippen LogP contribution in [0.3, 0.4) is 0 Å². The second-order valence-corrected chi connectivity index (χ2v) is 8.11. The van der Waals surface area contributed by atoms with Gasteiger partial charge in [0.15, 0.2) is 11.6 Å². The van der Waals surface area contributed by atoms with Crippen LogP contribution in [0.15, 0.2) is 67.3 Å². The van der Waals surface area contributed by atoms with Crippen LogP contribution in [0.2, 0.25) is 0 Å². The zero-order valence-corrected chi connectivity index (χ0v) is 17.5. The lowest BCUT2D eigenvalue weighted by Crippen LogP contribution is -2.11. The van der Waals surface area contributed by atoms with Crippen LogP contribution in [-0.4, -0.2) is 7.11 Å². The van der Waals surface area contributed by atoms with E-state index in [0.717, 1.165) is 31.2 Å². The summed E-state index contributed by atoms with van der Waals surface area (Å²) in [6.45, 7) is 3.88. The minimum Gasteiger partial charge on any atom is -0.494 e. The van der Waals surface area contributed by atoms with Gasteiger partial charge in [-0.1, -0.05) is 42.5 Å². The minimum absolute atomic E-state index is 0.135. The van der Waals surface area contributed by atoms with Crippen molar-refractivity contribution >= 4 is 0 Å². The van der Waals surface area contributed by atoms with Crippen LogP contribution in [0.5, 0.6) is 5.75 Å². The fourth-order valence-electron chi connectivity index (χ4n) is 4.45. The van der Waals surface area contributed by atoms with Gasteiger partial charge in [-0.2, -0.15) is 4.39 Å². The predicted molar refractivity (Wildman–Crippen MR) is 119 cm³/mol. The van der Waals surface area contributed by atoms with Crippen molar-refractivity contribution in [3.8, 4) is 28.0 Å². The summed E-state index contributed by atoms with van der Waals surface area (Å²) >= 11 is 0. The van der Waals surface area contributed by atoms with Gasteiger partial charge in [0.25, 0.3) is 0 Å². The first-order chi connectivity index (χ1) is 15.0. The smallest absolute Gasteiger partial charge is 0.201 e. The average molecular weight is 422 g/mol. The molecule has 0 N–H and O–H groups in total. The summed E-state index contributed by atoms with van der Waals surface area (Å²) in [5.74, 6) is -1.43. The molecule has 3 aromatic rings. The molecular weight excluding hydrogens is 397 g/mol. The van der Waals surface area contributed by atoms with E-state index in [0.29, 0.717) is 28.5 Å². The highest BCUT2D eigenvalue weighted by atomic mass is 19.2. The summed E-state index contributed by atoms with van der Waals surface area (Å²) in [5, 5.41) is 0. The molecule has 0 aliphatic heterocycles. The minimum atomic E-state index is -1.02. The quantitative estimate of drug-likeness (QED) is 0.380. The van der Waals surface area contributed by atoms with E-state index in [1.165, 1.54) is 19.2 Å². The van der Waals surface area contributed by atoms with Gasteiger partial charge in [0.1, 0.15) is 5.82 Å². The van der Waals surface area contributed by atoms with Gasteiger partial charge >= 0.3 is 0 Å². The molecule has 3 aromatic carbocycles. The third kappa shape index (κ3) is 4.25. The number of halogens is 3. The number of hydrogen-bond acceptors (Lipinski definition) is 1. The standard InChI is InChI=1S/C27H25F3O/c1-3-17-4-6-18(7-5-17)21-12-13-22(24(28)16-21)19-8-10-20(11-9-19)23-14-15-25(31-2)27(30)26(23)29/h3,8-18H,1,4-7H2,2H3. The first-order valence-corrected chi connectivity index (χ1v) is 10.6.